The molecule has 0 amide bonds. The highest BCUT2D eigenvalue weighted by molar-refractivity contribution is 7.46. The molecule has 5 N–H and O–H groups in total. The van der Waals surface area contributed by atoms with Crippen molar-refractivity contribution in [3.8, 4) is 5.75 Å². The molecule has 0 aliphatic carbocycles. The molecule has 25 heavy (non-hydrogen) atoms. The number of nitro benzene ring substituents is 1. The fourth-order valence-electron chi connectivity index (χ4n) is 2.10. The van der Waals surface area contributed by atoms with Gasteiger partial charge in [0.05, 0.1) is 11.5 Å². The summed E-state index contributed by atoms with van der Waals surface area (Å²) in [5.41, 5.74) is -0.194. The van der Waals surface area contributed by atoms with Gasteiger partial charge < -0.3 is 34.6 Å². The minimum absolute atomic E-state index is 0.0629. The third-order valence-electron chi connectivity index (χ3n) is 3.38. The lowest BCUT2D eigenvalue weighted by Crippen LogP contribution is -2.60. The first-order valence-corrected chi connectivity index (χ1v) is 8.42. The first-order valence-electron chi connectivity index (χ1n) is 6.89. The zero-order valence-corrected chi connectivity index (χ0v) is 13.4. The fourth-order valence-corrected chi connectivity index (χ4v) is 2.44. The van der Waals surface area contributed by atoms with Crippen LogP contribution in [0.15, 0.2) is 24.3 Å². The van der Waals surface area contributed by atoms with Crippen molar-refractivity contribution < 1.29 is 48.6 Å². The van der Waals surface area contributed by atoms with Crippen molar-refractivity contribution in [1.29, 1.82) is 0 Å². The van der Waals surface area contributed by atoms with Crippen LogP contribution in [0.3, 0.4) is 0 Å². The third-order valence-corrected chi connectivity index (χ3v) is 3.86. The zero-order chi connectivity index (χ0) is 18.8. The van der Waals surface area contributed by atoms with E-state index in [2.05, 4.69) is 4.52 Å². The van der Waals surface area contributed by atoms with Gasteiger partial charge in [0.2, 0.25) is 6.29 Å². The molecule has 1 saturated heterocycles. The highest BCUT2D eigenvalue weighted by atomic mass is 31.2. The molecule has 1 aromatic rings. The third kappa shape index (κ3) is 5.17. The van der Waals surface area contributed by atoms with Crippen LogP contribution in [-0.4, -0.2) is 67.3 Å². The van der Waals surface area contributed by atoms with Gasteiger partial charge in [0.1, 0.15) is 30.2 Å². The summed E-state index contributed by atoms with van der Waals surface area (Å²) in [6, 6.07) is 4.74. The number of phosphoric ester groups is 1. The number of benzene rings is 1. The predicted octanol–water partition coefficient (Wildman–Crippen LogP) is -1.11. The Morgan fingerprint density at radius 1 is 1.12 bits per heavy atom. The fraction of sp³-hybridized carbons (Fsp3) is 0.500. The maximum absolute atomic E-state index is 10.7. The summed E-state index contributed by atoms with van der Waals surface area (Å²) in [5.74, 6) is 0.0629. The van der Waals surface area contributed by atoms with Crippen LogP contribution >= 0.6 is 7.82 Å². The van der Waals surface area contributed by atoms with E-state index in [-0.39, 0.29) is 11.4 Å². The lowest BCUT2D eigenvalue weighted by atomic mass is 9.99. The SMILES string of the molecule is O=[N+]([O-])c1ccc(O[C@@H]2O[C@H](COP(=O)(O)O)[C@H](O)[C@H](O)[C@H]2O)cc1. The van der Waals surface area contributed by atoms with Crippen molar-refractivity contribution in [2.45, 2.75) is 30.7 Å². The van der Waals surface area contributed by atoms with Gasteiger partial charge in [-0.1, -0.05) is 0 Å². The Labute approximate surface area is 140 Å². The molecule has 5 atom stereocenters. The molecular formula is C12H16NO11P. The number of hydrogen-bond acceptors (Lipinski definition) is 9. The van der Waals surface area contributed by atoms with Crippen LogP contribution in [0.1, 0.15) is 0 Å². The highest BCUT2D eigenvalue weighted by Crippen LogP contribution is 2.37. The van der Waals surface area contributed by atoms with Crippen LogP contribution in [0.25, 0.3) is 0 Å². The average Bonchev–Trinajstić information content (AvgIpc) is 2.54. The number of ether oxygens (including phenoxy) is 2. The number of aliphatic hydroxyl groups excluding tert-OH is 3. The van der Waals surface area contributed by atoms with Crippen molar-refractivity contribution in [2.75, 3.05) is 6.61 Å². The first kappa shape index (κ1) is 19.7. The van der Waals surface area contributed by atoms with Gasteiger partial charge in [0.15, 0.2) is 0 Å². The van der Waals surface area contributed by atoms with Gasteiger partial charge in [-0.2, -0.15) is 0 Å². The highest BCUT2D eigenvalue weighted by Gasteiger charge is 2.45. The Hall–Kier alpha value is -1.63. The van der Waals surface area contributed by atoms with E-state index < -0.39 is 50.1 Å². The van der Waals surface area contributed by atoms with E-state index in [0.717, 1.165) is 12.1 Å². The quantitative estimate of drug-likeness (QED) is 0.228. The Kier molecular flexibility index (Phi) is 6.08. The molecule has 1 heterocycles. The average molecular weight is 381 g/mol. The van der Waals surface area contributed by atoms with E-state index in [1.807, 2.05) is 0 Å². The zero-order valence-electron chi connectivity index (χ0n) is 12.5. The first-order chi connectivity index (χ1) is 11.6. The monoisotopic (exact) mass is 381 g/mol. The Balaban J connectivity index is 2.07. The molecule has 13 heteroatoms. The van der Waals surface area contributed by atoms with Gasteiger partial charge in [-0.05, 0) is 12.1 Å². The predicted molar refractivity (Wildman–Crippen MR) is 78.4 cm³/mol. The standard InChI is InChI=1S/C12H16NO11P/c14-9-8(5-22-25(19,20)21)24-12(11(16)10(9)15)23-7-3-1-6(2-4-7)13(17)18/h1-4,8-12,14-16H,5H2,(H2,19,20,21)/t8-,9+,10+,11-,12-/m1/s1. The van der Waals surface area contributed by atoms with Crippen LogP contribution in [0, 0.1) is 10.1 Å². The summed E-state index contributed by atoms with van der Waals surface area (Å²) >= 11 is 0. The van der Waals surface area contributed by atoms with E-state index in [4.69, 9.17) is 19.3 Å². The van der Waals surface area contributed by atoms with Gasteiger partial charge in [-0.25, -0.2) is 4.57 Å². The number of nitrogens with zero attached hydrogens (tertiary/aromatic N) is 1. The molecule has 140 valence electrons. The van der Waals surface area contributed by atoms with Crippen LogP contribution in [-0.2, 0) is 13.8 Å². The molecule has 1 aliphatic heterocycles. The maximum Gasteiger partial charge on any atom is 0.469 e. The van der Waals surface area contributed by atoms with Crippen molar-refractivity contribution in [1.82, 2.24) is 0 Å². The molecule has 0 bridgehead atoms. The summed E-state index contributed by atoms with van der Waals surface area (Å²) in [7, 11) is -4.84. The van der Waals surface area contributed by atoms with Crippen LogP contribution in [0.4, 0.5) is 5.69 Å². The van der Waals surface area contributed by atoms with Gasteiger partial charge in [0.25, 0.3) is 5.69 Å². The number of phosphoric acid groups is 1. The second-order valence-corrected chi connectivity index (χ2v) is 6.41. The van der Waals surface area contributed by atoms with Gasteiger partial charge >= 0.3 is 7.82 Å². The van der Waals surface area contributed by atoms with Crippen molar-refractivity contribution in [2.24, 2.45) is 0 Å². The normalized spacial score (nSPS) is 30.0. The van der Waals surface area contributed by atoms with E-state index in [9.17, 15) is 30.0 Å². The molecule has 12 nitrogen and oxygen atoms in total. The molecule has 1 aromatic carbocycles. The molecule has 0 aromatic heterocycles. The number of aliphatic hydroxyl groups is 3. The molecule has 1 fully saturated rings. The summed E-state index contributed by atoms with van der Waals surface area (Å²) in [6.45, 7) is -0.769. The van der Waals surface area contributed by atoms with Gasteiger partial charge in [-0.3, -0.25) is 14.6 Å². The van der Waals surface area contributed by atoms with Crippen LogP contribution in [0.2, 0.25) is 0 Å². The van der Waals surface area contributed by atoms with Crippen LogP contribution < -0.4 is 4.74 Å². The number of rotatable bonds is 6. The Morgan fingerprint density at radius 3 is 2.24 bits per heavy atom. The Morgan fingerprint density at radius 2 is 1.72 bits per heavy atom. The molecule has 0 saturated carbocycles. The second kappa shape index (κ2) is 7.72. The van der Waals surface area contributed by atoms with Gasteiger partial charge in [-0.15, -0.1) is 0 Å². The minimum atomic E-state index is -4.84. The largest absolute Gasteiger partial charge is 0.469 e. The lowest BCUT2D eigenvalue weighted by Gasteiger charge is -2.40. The number of nitro groups is 1. The van der Waals surface area contributed by atoms with Crippen LogP contribution in [0.5, 0.6) is 5.75 Å². The van der Waals surface area contributed by atoms with Crippen molar-refractivity contribution >= 4 is 13.5 Å². The van der Waals surface area contributed by atoms with E-state index in [1.165, 1.54) is 12.1 Å². The maximum atomic E-state index is 10.7. The van der Waals surface area contributed by atoms with E-state index >= 15 is 0 Å². The molecule has 1 aliphatic rings. The molecule has 0 unspecified atom stereocenters. The Bertz CT molecular complexity index is 647. The number of non-ortho nitro benzene ring substituents is 1. The lowest BCUT2D eigenvalue weighted by molar-refractivity contribution is -0.384. The molecule has 0 radical (unpaired) electrons. The number of hydrogen-bond donors (Lipinski definition) is 5. The summed E-state index contributed by atoms with van der Waals surface area (Å²) in [5, 5.41) is 40.1. The van der Waals surface area contributed by atoms with Crippen molar-refractivity contribution in [3.63, 3.8) is 0 Å². The smallest absolute Gasteiger partial charge is 0.462 e. The summed E-state index contributed by atoms with van der Waals surface area (Å²) in [6.07, 6.45) is -8.00. The second-order valence-electron chi connectivity index (χ2n) is 5.17. The molecular weight excluding hydrogens is 365 g/mol. The topological polar surface area (TPSA) is 189 Å². The van der Waals surface area contributed by atoms with E-state index in [1.54, 1.807) is 0 Å². The molecule has 0 spiro atoms. The summed E-state index contributed by atoms with van der Waals surface area (Å²) in [4.78, 5) is 27.3. The van der Waals surface area contributed by atoms with E-state index in [0.29, 0.717) is 0 Å². The minimum Gasteiger partial charge on any atom is -0.462 e. The van der Waals surface area contributed by atoms with Gasteiger partial charge in [0, 0.05) is 12.1 Å². The van der Waals surface area contributed by atoms with Crippen molar-refractivity contribution in [3.05, 3.63) is 34.4 Å². The molecule has 2 rings (SSSR count). The summed E-state index contributed by atoms with van der Waals surface area (Å²) < 4.78 is 25.4.